The summed E-state index contributed by atoms with van der Waals surface area (Å²) < 4.78 is 0. The average Bonchev–Trinajstić information content (AvgIpc) is 2.26. The van der Waals surface area contributed by atoms with Crippen LogP contribution in [0.5, 0.6) is 0 Å². The summed E-state index contributed by atoms with van der Waals surface area (Å²) in [6, 6.07) is 8.79. The molecule has 1 aromatic carbocycles. The number of aliphatic hydroxyl groups is 1. The lowest BCUT2D eigenvalue weighted by molar-refractivity contribution is 0.164. The smallest absolute Gasteiger partial charge is 0.0662 e. The molecule has 0 saturated heterocycles. The fourth-order valence-electron chi connectivity index (χ4n) is 1.43. The van der Waals surface area contributed by atoms with Crippen molar-refractivity contribution in [2.75, 3.05) is 6.54 Å². The van der Waals surface area contributed by atoms with Crippen LogP contribution < -0.4 is 5.32 Å². The van der Waals surface area contributed by atoms with Crippen LogP contribution in [0.2, 0.25) is 0 Å². The van der Waals surface area contributed by atoms with Gasteiger partial charge in [0, 0.05) is 12.6 Å². The van der Waals surface area contributed by atoms with Gasteiger partial charge in [0.15, 0.2) is 0 Å². The van der Waals surface area contributed by atoms with Crippen molar-refractivity contribution in [1.82, 2.24) is 5.32 Å². The van der Waals surface area contributed by atoms with Crippen LogP contribution in [0.4, 0.5) is 0 Å². The molecule has 0 amide bonds. The second-order valence-electron chi connectivity index (χ2n) is 4.10. The fourth-order valence-corrected chi connectivity index (χ4v) is 1.43. The molecule has 84 valence electrons. The van der Waals surface area contributed by atoms with Crippen LogP contribution in [0.15, 0.2) is 24.3 Å². The van der Waals surface area contributed by atoms with Gasteiger partial charge in [0.1, 0.15) is 0 Å². The molecule has 1 rings (SSSR count). The maximum atomic E-state index is 9.44. The van der Waals surface area contributed by atoms with E-state index in [1.807, 2.05) is 6.92 Å². The second kappa shape index (κ2) is 5.89. The van der Waals surface area contributed by atoms with Crippen molar-refractivity contribution >= 4 is 0 Å². The molecule has 1 unspecified atom stereocenters. The van der Waals surface area contributed by atoms with E-state index in [0.29, 0.717) is 12.6 Å². The standard InChI is InChI=1S/C13H21NO/c1-4-13(15)9-14-11(3)12-7-5-10(2)6-8-12/h5-8,11,13-15H,4,9H2,1-3H3/t11-,13?/m0/s1. The lowest BCUT2D eigenvalue weighted by Gasteiger charge is -2.16. The third-order valence-electron chi connectivity index (χ3n) is 2.71. The molecule has 2 heteroatoms. The summed E-state index contributed by atoms with van der Waals surface area (Å²) in [6.07, 6.45) is 0.561. The zero-order chi connectivity index (χ0) is 11.3. The summed E-state index contributed by atoms with van der Waals surface area (Å²) in [7, 11) is 0. The van der Waals surface area contributed by atoms with Gasteiger partial charge < -0.3 is 10.4 Å². The van der Waals surface area contributed by atoms with Gasteiger partial charge >= 0.3 is 0 Å². The predicted molar refractivity (Wildman–Crippen MR) is 63.9 cm³/mol. The molecule has 0 aliphatic rings. The highest BCUT2D eigenvalue weighted by Crippen LogP contribution is 2.12. The Morgan fingerprint density at radius 3 is 2.40 bits per heavy atom. The third-order valence-corrected chi connectivity index (χ3v) is 2.71. The van der Waals surface area contributed by atoms with Gasteiger partial charge in [-0.3, -0.25) is 0 Å². The molecule has 0 bridgehead atoms. The Hall–Kier alpha value is -0.860. The van der Waals surface area contributed by atoms with Crippen molar-refractivity contribution in [1.29, 1.82) is 0 Å². The Balaban J connectivity index is 2.46. The number of hydrogen-bond donors (Lipinski definition) is 2. The van der Waals surface area contributed by atoms with Gasteiger partial charge in [-0.05, 0) is 25.8 Å². The summed E-state index contributed by atoms with van der Waals surface area (Å²) in [5.74, 6) is 0. The van der Waals surface area contributed by atoms with Gasteiger partial charge in [-0.15, -0.1) is 0 Å². The van der Waals surface area contributed by atoms with E-state index in [4.69, 9.17) is 0 Å². The third kappa shape index (κ3) is 4.02. The zero-order valence-corrected chi connectivity index (χ0v) is 9.83. The number of aryl methyl sites for hydroxylation is 1. The molecule has 0 spiro atoms. The van der Waals surface area contributed by atoms with E-state index in [1.54, 1.807) is 0 Å². The first kappa shape index (κ1) is 12.2. The Morgan fingerprint density at radius 2 is 1.87 bits per heavy atom. The molecule has 0 aliphatic carbocycles. The SMILES string of the molecule is CCC(O)CN[C@@H](C)c1ccc(C)cc1. The van der Waals surface area contributed by atoms with Gasteiger partial charge in [-0.2, -0.15) is 0 Å². The lowest BCUT2D eigenvalue weighted by atomic mass is 10.1. The van der Waals surface area contributed by atoms with Gasteiger partial charge in [-0.1, -0.05) is 36.8 Å². The summed E-state index contributed by atoms with van der Waals surface area (Å²) in [4.78, 5) is 0. The molecule has 0 aliphatic heterocycles. The summed E-state index contributed by atoms with van der Waals surface area (Å²) in [5.41, 5.74) is 2.54. The number of rotatable bonds is 5. The molecule has 0 saturated carbocycles. The molecule has 2 N–H and O–H groups in total. The first-order valence-corrected chi connectivity index (χ1v) is 5.61. The van der Waals surface area contributed by atoms with Crippen LogP contribution in [0.1, 0.15) is 37.4 Å². The lowest BCUT2D eigenvalue weighted by Crippen LogP contribution is -2.28. The molecule has 15 heavy (non-hydrogen) atoms. The van der Waals surface area contributed by atoms with E-state index in [1.165, 1.54) is 11.1 Å². The number of nitrogens with one attached hydrogen (secondary N) is 1. The molecule has 0 aromatic heterocycles. The maximum Gasteiger partial charge on any atom is 0.0662 e. The minimum atomic E-state index is -0.238. The number of benzene rings is 1. The normalized spacial score (nSPS) is 14.9. The Labute approximate surface area is 92.3 Å². The highest BCUT2D eigenvalue weighted by Gasteiger charge is 2.06. The maximum absolute atomic E-state index is 9.44. The van der Waals surface area contributed by atoms with Crippen molar-refractivity contribution in [3.8, 4) is 0 Å². The van der Waals surface area contributed by atoms with Crippen LogP contribution in [0.3, 0.4) is 0 Å². The molecule has 2 nitrogen and oxygen atoms in total. The summed E-state index contributed by atoms with van der Waals surface area (Å²) in [6.45, 7) is 6.85. The Bertz CT molecular complexity index is 281. The highest BCUT2D eigenvalue weighted by molar-refractivity contribution is 5.23. The molecular formula is C13H21NO. The van der Waals surface area contributed by atoms with Gasteiger partial charge in [-0.25, -0.2) is 0 Å². The van der Waals surface area contributed by atoms with E-state index in [0.717, 1.165) is 6.42 Å². The largest absolute Gasteiger partial charge is 0.392 e. The van der Waals surface area contributed by atoms with E-state index >= 15 is 0 Å². The Kier molecular flexibility index (Phi) is 4.79. The Morgan fingerprint density at radius 1 is 1.27 bits per heavy atom. The topological polar surface area (TPSA) is 32.3 Å². The summed E-state index contributed by atoms with van der Waals surface area (Å²) in [5, 5.41) is 12.8. The van der Waals surface area contributed by atoms with Crippen molar-refractivity contribution in [2.45, 2.75) is 39.3 Å². The van der Waals surface area contributed by atoms with Crippen LogP contribution in [0.25, 0.3) is 0 Å². The molecule has 0 heterocycles. The van der Waals surface area contributed by atoms with Crippen LogP contribution in [0, 0.1) is 6.92 Å². The average molecular weight is 207 g/mol. The summed E-state index contributed by atoms with van der Waals surface area (Å²) >= 11 is 0. The van der Waals surface area contributed by atoms with E-state index in [-0.39, 0.29) is 6.10 Å². The van der Waals surface area contributed by atoms with E-state index in [2.05, 4.69) is 43.4 Å². The van der Waals surface area contributed by atoms with E-state index < -0.39 is 0 Å². The number of aliphatic hydroxyl groups excluding tert-OH is 1. The van der Waals surface area contributed by atoms with Crippen LogP contribution >= 0.6 is 0 Å². The predicted octanol–water partition coefficient (Wildman–Crippen LogP) is 2.42. The quantitative estimate of drug-likeness (QED) is 0.777. The highest BCUT2D eigenvalue weighted by atomic mass is 16.3. The molecule has 0 radical (unpaired) electrons. The molecule has 2 atom stereocenters. The zero-order valence-electron chi connectivity index (χ0n) is 9.83. The number of hydrogen-bond acceptors (Lipinski definition) is 2. The van der Waals surface area contributed by atoms with Crippen molar-refractivity contribution in [2.24, 2.45) is 0 Å². The van der Waals surface area contributed by atoms with Crippen molar-refractivity contribution in [3.63, 3.8) is 0 Å². The molecular weight excluding hydrogens is 186 g/mol. The second-order valence-corrected chi connectivity index (χ2v) is 4.10. The minimum absolute atomic E-state index is 0.238. The minimum Gasteiger partial charge on any atom is -0.392 e. The first-order valence-electron chi connectivity index (χ1n) is 5.61. The monoisotopic (exact) mass is 207 g/mol. The van der Waals surface area contributed by atoms with Crippen LogP contribution in [-0.2, 0) is 0 Å². The van der Waals surface area contributed by atoms with Gasteiger partial charge in [0.25, 0.3) is 0 Å². The van der Waals surface area contributed by atoms with Crippen molar-refractivity contribution < 1.29 is 5.11 Å². The first-order chi connectivity index (χ1) is 7.13. The fraction of sp³-hybridized carbons (Fsp3) is 0.538. The van der Waals surface area contributed by atoms with Crippen molar-refractivity contribution in [3.05, 3.63) is 35.4 Å². The van der Waals surface area contributed by atoms with Gasteiger partial charge in [0.05, 0.1) is 6.10 Å². The van der Waals surface area contributed by atoms with Gasteiger partial charge in [0.2, 0.25) is 0 Å². The van der Waals surface area contributed by atoms with E-state index in [9.17, 15) is 5.11 Å². The van der Waals surface area contributed by atoms with Crippen LogP contribution in [-0.4, -0.2) is 17.8 Å². The molecule has 0 fully saturated rings. The molecule has 1 aromatic rings.